The Morgan fingerprint density at radius 3 is 1.90 bits per heavy atom. The van der Waals surface area contributed by atoms with Gasteiger partial charge >= 0.3 is 0 Å². The fourth-order valence-electron chi connectivity index (χ4n) is 3.51. The van der Waals surface area contributed by atoms with Crippen molar-refractivity contribution < 1.29 is 14.3 Å². The maximum Gasteiger partial charge on any atom is 0.238 e. The Labute approximate surface area is 178 Å². The van der Waals surface area contributed by atoms with Gasteiger partial charge < -0.3 is 15.4 Å². The molecule has 7 nitrogen and oxygen atoms in total. The summed E-state index contributed by atoms with van der Waals surface area (Å²) in [5.41, 5.74) is 2.70. The number of amides is 2. The van der Waals surface area contributed by atoms with E-state index in [0.29, 0.717) is 5.69 Å². The molecule has 30 heavy (non-hydrogen) atoms. The van der Waals surface area contributed by atoms with E-state index in [4.69, 9.17) is 4.74 Å². The molecule has 0 atom stereocenters. The first kappa shape index (κ1) is 21.8. The van der Waals surface area contributed by atoms with Gasteiger partial charge in [0, 0.05) is 17.9 Å². The molecule has 2 N–H and O–H groups in total. The Kier molecular flexibility index (Phi) is 7.82. The van der Waals surface area contributed by atoms with Gasteiger partial charge in [-0.3, -0.25) is 19.4 Å². The topological polar surface area (TPSA) is 73.9 Å². The maximum absolute atomic E-state index is 12.3. The molecule has 0 saturated carbocycles. The number of anilines is 2. The number of ether oxygens (including phenoxy) is 1. The van der Waals surface area contributed by atoms with E-state index in [-0.39, 0.29) is 24.9 Å². The van der Waals surface area contributed by atoms with E-state index in [1.807, 2.05) is 12.1 Å². The van der Waals surface area contributed by atoms with Crippen LogP contribution in [0.4, 0.5) is 11.4 Å². The third-order valence-electron chi connectivity index (χ3n) is 5.04. The van der Waals surface area contributed by atoms with Crippen molar-refractivity contribution in [3.05, 3.63) is 54.1 Å². The van der Waals surface area contributed by atoms with Crippen LogP contribution in [0.15, 0.2) is 48.5 Å². The van der Waals surface area contributed by atoms with Crippen LogP contribution in [0.3, 0.4) is 0 Å². The number of hydrogen-bond donors (Lipinski definition) is 2. The van der Waals surface area contributed by atoms with Crippen LogP contribution in [0.5, 0.6) is 5.75 Å². The van der Waals surface area contributed by atoms with E-state index in [9.17, 15) is 9.59 Å². The van der Waals surface area contributed by atoms with Crippen LogP contribution in [0.25, 0.3) is 0 Å². The quantitative estimate of drug-likeness (QED) is 0.665. The van der Waals surface area contributed by atoms with Gasteiger partial charge in [0.2, 0.25) is 11.8 Å². The molecule has 2 aromatic carbocycles. The van der Waals surface area contributed by atoms with Crippen LogP contribution in [0, 0.1) is 0 Å². The van der Waals surface area contributed by atoms with Crippen LogP contribution in [-0.2, 0) is 16.1 Å². The van der Waals surface area contributed by atoms with Crippen molar-refractivity contribution in [1.29, 1.82) is 0 Å². The summed E-state index contributed by atoms with van der Waals surface area (Å²) in [7, 11) is 3.34. The van der Waals surface area contributed by atoms with E-state index < -0.39 is 0 Å². The van der Waals surface area contributed by atoms with Gasteiger partial charge in [-0.1, -0.05) is 12.1 Å². The van der Waals surface area contributed by atoms with Crippen LogP contribution >= 0.6 is 0 Å². The lowest BCUT2D eigenvalue weighted by molar-refractivity contribution is -0.119. The molecule has 1 aliphatic rings. The number of likely N-dealkylation sites (N-methyl/N-ethyl adjacent to an activating group) is 1. The minimum Gasteiger partial charge on any atom is -0.497 e. The number of likely N-dealkylation sites (tertiary alicyclic amines) is 1. The standard InChI is InChI=1S/C23H30N4O3/c1-26(17-23(29)25-20-9-11-21(30-2)12-10-20)16-22(28)24-19-7-5-18(6-8-19)15-27-13-3-4-14-27/h5-12H,3-4,13-17H2,1-2H3,(H,24,28)(H,25,29). The number of carbonyl (C=O) groups excluding carboxylic acids is 2. The Morgan fingerprint density at radius 2 is 1.40 bits per heavy atom. The van der Waals surface area contributed by atoms with Crippen molar-refractivity contribution in [1.82, 2.24) is 9.80 Å². The highest BCUT2D eigenvalue weighted by atomic mass is 16.5. The fourth-order valence-corrected chi connectivity index (χ4v) is 3.51. The molecule has 2 amide bonds. The summed E-state index contributed by atoms with van der Waals surface area (Å²) in [6.45, 7) is 3.54. The third-order valence-corrected chi connectivity index (χ3v) is 5.04. The highest BCUT2D eigenvalue weighted by Crippen LogP contribution is 2.16. The average Bonchev–Trinajstić information content (AvgIpc) is 3.23. The minimum absolute atomic E-state index is 0.119. The lowest BCUT2D eigenvalue weighted by Gasteiger charge is -2.17. The molecule has 1 heterocycles. The number of nitrogens with one attached hydrogen (secondary N) is 2. The second-order valence-corrected chi connectivity index (χ2v) is 7.68. The largest absolute Gasteiger partial charge is 0.497 e. The Hall–Kier alpha value is -2.90. The third kappa shape index (κ3) is 6.86. The predicted molar refractivity (Wildman–Crippen MR) is 119 cm³/mol. The molecule has 0 spiro atoms. The van der Waals surface area contributed by atoms with Gasteiger partial charge in [-0.05, 0) is 74.9 Å². The second kappa shape index (κ2) is 10.8. The fraction of sp³-hybridized carbons (Fsp3) is 0.391. The van der Waals surface area contributed by atoms with E-state index >= 15 is 0 Å². The molecule has 0 bridgehead atoms. The Bertz CT molecular complexity index is 831. The maximum atomic E-state index is 12.3. The summed E-state index contributed by atoms with van der Waals surface area (Å²) in [6, 6.07) is 15.1. The minimum atomic E-state index is -0.179. The van der Waals surface area contributed by atoms with Gasteiger partial charge in [0.15, 0.2) is 0 Å². The SMILES string of the molecule is COc1ccc(NC(=O)CN(C)CC(=O)Nc2ccc(CN3CCCC3)cc2)cc1. The first-order valence-corrected chi connectivity index (χ1v) is 10.3. The molecule has 3 rings (SSSR count). The number of nitrogens with zero attached hydrogens (tertiary/aromatic N) is 2. The summed E-state index contributed by atoms with van der Waals surface area (Å²) in [5, 5.41) is 5.70. The monoisotopic (exact) mass is 410 g/mol. The Balaban J connectivity index is 1.40. The van der Waals surface area contributed by atoms with Gasteiger partial charge in [-0.2, -0.15) is 0 Å². The van der Waals surface area contributed by atoms with Crippen molar-refractivity contribution in [2.75, 3.05) is 51.0 Å². The average molecular weight is 411 g/mol. The zero-order chi connectivity index (χ0) is 21.3. The van der Waals surface area contributed by atoms with Crippen LogP contribution in [0.2, 0.25) is 0 Å². The summed E-state index contributed by atoms with van der Waals surface area (Å²) >= 11 is 0. The highest BCUT2D eigenvalue weighted by molar-refractivity contribution is 5.94. The molecule has 1 aliphatic heterocycles. The normalized spacial score (nSPS) is 14.0. The number of carbonyl (C=O) groups is 2. The number of hydrogen-bond acceptors (Lipinski definition) is 5. The molecule has 7 heteroatoms. The molecule has 160 valence electrons. The number of benzene rings is 2. The van der Waals surface area contributed by atoms with Gasteiger partial charge in [0.1, 0.15) is 5.75 Å². The zero-order valence-corrected chi connectivity index (χ0v) is 17.7. The molecule has 1 saturated heterocycles. The van der Waals surface area contributed by atoms with E-state index in [1.165, 1.54) is 18.4 Å². The van der Waals surface area contributed by atoms with E-state index in [2.05, 4.69) is 27.7 Å². The van der Waals surface area contributed by atoms with Crippen LogP contribution < -0.4 is 15.4 Å². The van der Waals surface area contributed by atoms with Crippen molar-refractivity contribution >= 4 is 23.2 Å². The number of methoxy groups -OCH3 is 1. The summed E-state index contributed by atoms with van der Waals surface area (Å²) < 4.78 is 5.10. The molecule has 0 aromatic heterocycles. The molecular weight excluding hydrogens is 380 g/mol. The Morgan fingerprint density at radius 1 is 0.900 bits per heavy atom. The lowest BCUT2D eigenvalue weighted by Crippen LogP contribution is -2.36. The molecule has 0 aliphatic carbocycles. The van der Waals surface area contributed by atoms with Crippen LogP contribution in [-0.4, -0.2) is 62.0 Å². The summed E-state index contributed by atoms with van der Waals surface area (Å²) in [5.74, 6) is 0.398. The van der Waals surface area contributed by atoms with E-state index in [0.717, 1.165) is 31.1 Å². The van der Waals surface area contributed by atoms with Crippen LogP contribution in [0.1, 0.15) is 18.4 Å². The molecule has 0 unspecified atom stereocenters. The molecule has 1 fully saturated rings. The molecular formula is C23H30N4O3. The molecule has 0 radical (unpaired) electrons. The van der Waals surface area contributed by atoms with Crippen molar-refractivity contribution in [2.45, 2.75) is 19.4 Å². The van der Waals surface area contributed by atoms with Gasteiger partial charge in [-0.15, -0.1) is 0 Å². The van der Waals surface area contributed by atoms with Gasteiger partial charge in [0.25, 0.3) is 0 Å². The van der Waals surface area contributed by atoms with Crippen molar-refractivity contribution in [3.63, 3.8) is 0 Å². The van der Waals surface area contributed by atoms with Crippen molar-refractivity contribution in [3.8, 4) is 5.75 Å². The summed E-state index contributed by atoms with van der Waals surface area (Å²) in [4.78, 5) is 28.6. The first-order chi connectivity index (χ1) is 14.5. The number of rotatable bonds is 9. The van der Waals surface area contributed by atoms with Gasteiger partial charge in [-0.25, -0.2) is 0 Å². The second-order valence-electron chi connectivity index (χ2n) is 7.68. The highest BCUT2D eigenvalue weighted by Gasteiger charge is 2.13. The van der Waals surface area contributed by atoms with E-state index in [1.54, 1.807) is 43.3 Å². The predicted octanol–water partition coefficient (Wildman–Crippen LogP) is 2.80. The summed E-state index contributed by atoms with van der Waals surface area (Å²) in [6.07, 6.45) is 2.56. The smallest absolute Gasteiger partial charge is 0.238 e. The molecule has 2 aromatic rings. The van der Waals surface area contributed by atoms with Gasteiger partial charge in [0.05, 0.1) is 20.2 Å². The van der Waals surface area contributed by atoms with Crippen molar-refractivity contribution in [2.24, 2.45) is 0 Å². The lowest BCUT2D eigenvalue weighted by atomic mass is 10.2. The zero-order valence-electron chi connectivity index (χ0n) is 17.7. The first-order valence-electron chi connectivity index (χ1n) is 10.3.